The predicted octanol–water partition coefficient (Wildman–Crippen LogP) is 7.37. The summed E-state index contributed by atoms with van der Waals surface area (Å²) < 4.78 is 5.85. The second kappa shape index (κ2) is 11.4. The number of fused-ring (bicyclic) bond motifs is 1. The molecule has 3 nitrogen and oxygen atoms in total. The van der Waals surface area contributed by atoms with E-state index in [1.807, 2.05) is 20.9 Å². The van der Waals surface area contributed by atoms with Gasteiger partial charge in [-0.3, -0.25) is 0 Å². The first kappa shape index (κ1) is 25.8. The van der Waals surface area contributed by atoms with E-state index in [1.165, 1.54) is 11.1 Å². The van der Waals surface area contributed by atoms with E-state index < -0.39 is 0 Å². The van der Waals surface area contributed by atoms with Gasteiger partial charge in [-0.25, -0.2) is 0 Å². The van der Waals surface area contributed by atoms with Crippen LogP contribution in [0, 0.1) is 20.8 Å². The van der Waals surface area contributed by atoms with Crippen molar-refractivity contribution in [3.63, 3.8) is 0 Å². The number of rotatable bonds is 7. The number of nitrogens with one attached hydrogen (secondary N) is 1. The molecule has 1 N–H and O–H groups in total. The van der Waals surface area contributed by atoms with Crippen LogP contribution >= 0.6 is 0 Å². The van der Waals surface area contributed by atoms with Crippen molar-refractivity contribution in [2.75, 3.05) is 25.1 Å². The van der Waals surface area contributed by atoms with Gasteiger partial charge < -0.3 is 15.0 Å². The molecule has 1 aliphatic rings. The fraction of sp³-hybridized carbons (Fsp3) is 0.267. The summed E-state index contributed by atoms with van der Waals surface area (Å²) >= 11 is 0. The monoisotopic (exact) mass is 442 g/mol. The number of hydrogen-bond donors (Lipinski definition) is 1. The molecule has 2 aromatic rings. The topological polar surface area (TPSA) is 24.5 Å². The minimum atomic E-state index is 0.633. The highest BCUT2D eigenvalue weighted by Crippen LogP contribution is 2.44. The van der Waals surface area contributed by atoms with Gasteiger partial charge in [0.25, 0.3) is 0 Å². The maximum Gasteiger partial charge on any atom is 0.124 e. The van der Waals surface area contributed by atoms with Gasteiger partial charge in [0.1, 0.15) is 5.75 Å². The van der Waals surface area contributed by atoms with E-state index in [0.717, 1.165) is 50.5 Å². The Labute approximate surface area is 200 Å². The SMILES string of the molecule is C=C(CN1C=C(C(=C)c2ccc(C)c(C)c2)C(=C)c2cc(C)c(OCC)cc21)NC.C=CC. The van der Waals surface area contributed by atoms with E-state index in [0.29, 0.717) is 13.2 Å². The van der Waals surface area contributed by atoms with Crippen LogP contribution in [0.25, 0.3) is 11.1 Å². The molecule has 0 bridgehead atoms. The lowest BCUT2D eigenvalue weighted by Crippen LogP contribution is -2.27. The largest absolute Gasteiger partial charge is 0.494 e. The van der Waals surface area contributed by atoms with Crippen LogP contribution in [0.4, 0.5) is 5.69 Å². The standard InChI is InChI=1S/C27H32N2O.C3H6/c1-9-30-27-14-26-24(13-19(27)4)22(7)25(16-29(26)15-20(5)28-8)21(6)23-11-10-17(2)18(3)12-23;1-3-2/h10-14,16,28H,5-7,9,15H2,1-4,8H3;3H,1H2,2H3. The Morgan fingerprint density at radius 1 is 1.06 bits per heavy atom. The third-order valence-corrected chi connectivity index (χ3v) is 5.73. The summed E-state index contributed by atoms with van der Waals surface area (Å²) in [6.45, 7) is 27.9. The van der Waals surface area contributed by atoms with Crippen molar-refractivity contribution < 1.29 is 4.74 Å². The molecule has 0 radical (unpaired) electrons. The van der Waals surface area contributed by atoms with E-state index >= 15 is 0 Å². The molecule has 0 aliphatic carbocycles. The molecule has 0 aromatic heterocycles. The number of anilines is 1. The molecule has 0 spiro atoms. The zero-order valence-electron chi connectivity index (χ0n) is 21.1. The second-order valence-electron chi connectivity index (χ2n) is 8.26. The van der Waals surface area contributed by atoms with Crippen molar-refractivity contribution in [2.24, 2.45) is 0 Å². The van der Waals surface area contributed by atoms with Crippen molar-refractivity contribution in [3.05, 3.63) is 108 Å². The number of benzene rings is 2. The summed E-state index contributed by atoms with van der Waals surface area (Å²) in [6, 6.07) is 10.7. The fourth-order valence-corrected chi connectivity index (χ4v) is 3.68. The molecule has 3 heteroatoms. The van der Waals surface area contributed by atoms with Crippen LogP contribution in [-0.2, 0) is 0 Å². The number of allylic oxidation sites excluding steroid dienone is 4. The number of likely N-dealkylation sites (N-methyl/N-ethyl adjacent to an activating group) is 1. The van der Waals surface area contributed by atoms with Crippen LogP contribution in [-0.4, -0.2) is 20.2 Å². The van der Waals surface area contributed by atoms with Crippen LogP contribution in [0.15, 0.2) is 80.2 Å². The molecule has 1 aliphatic heterocycles. The number of hydrogen-bond acceptors (Lipinski definition) is 3. The molecule has 0 saturated carbocycles. The van der Waals surface area contributed by atoms with E-state index in [-0.39, 0.29) is 0 Å². The minimum Gasteiger partial charge on any atom is -0.494 e. The molecule has 0 fully saturated rings. The molecular formula is C30H38N2O. The number of ether oxygens (including phenoxy) is 1. The first-order valence-electron chi connectivity index (χ1n) is 11.3. The molecule has 0 saturated heterocycles. The average molecular weight is 443 g/mol. The van der Waals surface area contributed by atoms with Gasteiger partial charge in [0.05, 0.1) is 18.8 Å². The summed E-state index contributed by atoms with van der Waals surface area (Å²) in [5.41, 5.74) is 10.8. The van der Waals surface area contributed by atoms with Crippen LogP contribution in [0.5, 0.6) is 5.75 Å². The van der Waals surface area contributed by atoms with Gasteiger partial charge in [-0.15, -0.1) is 6.58 Å². The highest BCUT2D eigenvalue weighted by Gasteiger charge is 2.25. The van der Waals surface area contributed by atoms with Crippen molar-refractivity contribution in [1.29, 1.82) is 0 Å². The lowest BCUT2D eigenvalue weighted by Gasteiger charge is -2.33. The number of nitrogens with zero attached hydrogens (tertiary/aromatic N) is 1. The molecule has 174 valence electrons. The number of aryl methyl sites for hydroxylation is 3. The van der Waals surface area contributed by atoms with Gasteiger partial charge in [-0.1, -0.05) is 44.0 Å². The first-order valence-corrected chi connectivity index (χ1v) is 11.3. The summed E-state index contributed by atoms with van der Waals surface area (Å²) in [5.74, 6) is 0.897. The van der Waals surface area contributed by atoms with Gasteiger partial charge >= 0.3 is 0 Å². The first-order chi connectivity index (χ1) is 15.7. The van der Waals surface area contributed by atoms with E-state index in [1.54, 1.807) is 6.08 Å². The Kier molecular flexibility index (Phi) is 8.93. The van der Waals surface area contributed by atoms with Gasteiger partial charge in [0, 0.05) is 36.1 Å². The van der Waals surface area contributed by atoms with Crippen molar-refractivity contribution in [2.45, 2.75) is 34.6 Å². The van der Waals surface area contributed by atoms with Crippen LogP contribution < -0.4 is 15.0 Å². The van der Waals surface area contributed by atoms with Crippen LogP contribution in [0.2, 0.25) is 0 Å². The normalized spacial score (nSPS) is 12.1. The summed E-state index contributed by atoms with van der Waals surface area (Å²) in [5, 5.41) is 3.15. The molecule has 0 unspecified atom stereocenters. The van der Waals surface area contributed by atoms with Crippen molar-refractivity contribution >= 4 is 16.8 Å². The van der Waals surface area contributed by atoms with Gasteiger partial charge in [0.15, 0.2) is 0 Å². The minimum absolute atomic E-state index is 0.633. The molecule has 33 heavy (non-hydrogen) atoms. The van der Waals surface area contributed by atoms with Crippen molar-refractivity contribution in [3.8, 4) is 5.75 Å². The van der Waals surface area contributed by atoms with Gasteiger partial charge in [-0.05, 0) is 74.1 Å². The third kappa shape index (κ3) is 5.87. The van der Waals surface area contributed by atoms with Crippen molar-refractivity contribution in [1.82, 2.24) is 5.32 Å². The maximum atomic E-state index is 5.85. The smallest absolute Gasteiger partial charge is 0.124 e. The highest BCUT2D eigenvalue weighted by molar-refractivity contribution is 6.02. The third-order valence-electron chi connectivity index (χ3n) is 5.73. The van der Waals surface area contributed by atoms with Gasteiger partial charge in [0.2, 0.25) is 0 Å². The Hall–Kier alpha value is -3.46. The molecule has 2 aromatic carbocycles. The Balaban J connectivity index is 0.00000122. The summed E-state index contributed by atoms with van der Waals surface area (Å²) in [4.78, 5) is 2.20. The van der Waals surface area contributed by atoms with E-state index in [4.69, 9.17) is 4.74 Å². The molecule has 0 atom stereocenters. The maximum absolute atomic E-state index is 5.85. The molecule has 3 rings (SSSR count). The van der Waals surface area contributed by atoms with Crippen LogP contribution in [0.1, 0.15) is 41.7 Å². The zero-order chi connectivity index (χ0) is 24.7. The fourth-order valence-electron chi connectivity index (χ4n) is 3.68. The zero-order valence-corrected chi connectivity index (χ0v) is 21.1. The summed E-state index contributed by atoms with van der Waals surface area (Å²) in [6.07, 6.45) is 3.88. The second-order valence-corrected chi connectivity index (χ2v) is 8.26. The predicted molar refractivity (Wildman–Crippen MR) is 146 cm³/mol. The van der Waals surface area contributed by atoms with E-state index in [9.17, 15) is 0 Å². The Morgan fingerprint density at radius 3 is 2.30 bits per heavy atom. The quantitative estimate of drug-likeness (QED) is 0.453. The van der Waals surface area contributed by atoms with Crippen LogP contribution in [0.3, 0.4) is 0 Å². The average Bonchev–Trinajstić information content (AvgIpc) is 2.78. The lowest BCUT2D eigenvalue weighted by molar-refractivity contribution is 0.338. The Bertz CT molecular complexity index is 1100. The molecule has 1 heterocycles. The molecule has 0 amide bonds. The highest BCUT2D eigenvalue weighted by atomic mass is 16.5. The van der Waals surface area contributed by atoms with Gasteiger partial charge in [-0.2, -0.15) is 0 Å². The molecular weight excluding hydrogens is 404 g/mol. The Morgan fingerprint density at radius 2 is 1.73 bits per heavy atom. The summed E-state index contributed by atoms with van der Waals surface area (Å²) in [7, 11) is 1.89. The van der Waals surface area contributed by atoms with E-state index in [2.05, 4.69) is 93.8 Å². The lowest BCUT2D eigenvalue weighted by atomic mass is 9.86.